The van der Waals surface area contributed by atoms with Crippen LogP contribution in [0.2, 0.25) is 0 Å². The molecular formula is C12H13Br2NO2. The molecule has 3 nitrogen and oxygen atoms in total. The van der Waals surface area contributed by atoms with Crippen LogP contribution >= 0.6 is 31.9 Å². The molecule has 2 rings (SSSR count). The maximum Gasteiger partial charge on any atom is 0.257 e. The number of halogens is 2. The van der Waals surface area contributed by atoms with Crippen LogP contribution in [-0.2, 0) is 0 Å². The van der Waals surface area contributed by atoms with Crippen molar-refractivity contribution in [1.29, 1.82) is 0 Å². The summed E-state index contributed by atoms with van der Waals surface area (Å²) in [7, 11) is 0. The van der Waals surface area contributed by atoms with E-state index in [4.69, 9.17) is 0 Å². The molecule has 1 amide bonds. The Hall–Kier alpha value is -0.550. The number of hydrogen-bond acceptors (Lipinski definition) is 2. The van der Waals surface area contributed by atoms with Gasteiger partial charge in [-0.25, -0.2) is 0 Å². The lowest BCUT2D eigenvalue weighted by atomic mass is 10.1. The standard InChI is InChI=1S/C12H13Br2NO2/c13-8-3-5-15(6-4-8)12(17)10-2-1-9(14)7-11(10)16/h1-2,7-8,16H,3-6H2. The number of piperidine rings is 1. The van der Waals surface area contributed by atoms with Crippen LogP contribution in [0.4, 0.5) is 0 Å². The minimum absolute atomic E-state index is 0.0327. The Bertz CT molecular complexity index is 429. The molecule has 1 aromatic rings. The zero-order valence-electron chi connectivity index (χ0n) is 9.20. The van der Waals surface area contributed by atoms with Crippen LogP contribution in [0.1, 0.15) is 23.2 Å². The van der Waals surface area contributed by atoms with E-state index in [2.05, 4.69) is 31.9 Å². The van der Waals surface area contributed by atoms with E-state index in [0.717, 1.165) is 30.4 Å². The average Bonchev–Trinajstić information content (AvgIpc) is 2.29. The van der Waals surface area contributed by atoms with Crippen LogP contribution in [0.15, 0.2) is 22.7 Å². The number of carbonyl (C=O) groups is 1. The molecule has 1 aliphatic rings. The van der Waals surface area contributed by atoms with Gasteiger partial charge in [0.1, 0.15) is 5.75 Å². The molecule has 92 valence electrons. The fourth-order valence-corrected chi connectivity index (χ4v) is 2.67. The van der Waals surface area contributed by atoms with Gasteiger partial charge in [-0.2, -0.15) is 0 Å². The average molecular weight is 363 g/mol. The number of likely N-dealkylation sites (tertiary alicyclic amines) is 1. The van der Waals surface area contributed by atoms with E-state index in [0.29, 0.717) is 10.4 Å². The first-order valence-corrected chi connectivity index (χ1v) is 7.20. The number of aromatic hydroxyl groups is 1. The van der Waals surface area contributed by atoms with Gasteiger partial charge >= 0.3 is 0 Å². The Morgan fingerprint density at radius 3 is 2.59 bits per heavy atom. The molecule has 0 aromatic heterocycles. The molecule has 1 aromatic carbocycles. The minimum atomic E-state index is -0.0885. The predicted octanol–water partition coefficient (Wildman–Crippen LogP) is 3.15. The van der Waals surface area contributed by atoms with Crippen molar-refractivity contribution in [1.82, 2.24) is 4.90 Å². The van der Waals surface area contributed by atoms with Crippen molar-refractivity contribution in [3.8, 4) is 5.75 Å². The lowest BCUT2D eigenvalue weighted by Gasteiger charge is -2.29. The summed E-state index contributed by atoms with van der Waals surface area (Å²) in [5.74, 6) is -0.0558. The molecule has 1 N–H and O–H groups in total. The molecule has 0 unspecified atom stereocenters. The van der Waals surface area contributed by atoms with Gasteiger partial charge in [0.25, 0.3) is 5.91 Å². The minimum Gasteiger partial charge on any atom is -0.507 e. The maximum absolute atomic E-state index is 12.2. The highest BCUT2D eigenvalue weighted by Crippen LogP contribution is 2.25. The number of phenolic OH excluding ortho intramolecular Hbond substituents is 1. The van der Waals surface area contributed by atoms with E-state index in [1.54, 1.807) is 23.1 Å². The van der Waals surface area contributed by atoms with Crippen LogP contribution in [0.25, 0.3) is 0 Å². The lowest BCUT2D eigenvalue weighted by Crippen LogP contribution is -2.38. The molecule has 0 bridgehead atoms. The van der Waals surface area contributed by atoms with Crippen LogP contribution < -0.4 is 0 Å². The Morgan fingerprint density at radius 1 is 1.35 bits per heavy atom. The number of hydrogen-bond donors (Lipinski definition) is 1. The van der Waals surface area contributed by atoms with E-state index in [1.165, 1.54) is 0 Å². The van der Waals surface area contributed by atoms with Crippen LogP contribution in [0.5, 0.6) is 5.75 Å². The van der Waals surface area contributed by atoms with Gasteiger partial charge in [-0.3, -0.25) is 4.79 Å². The summed E-state index contributed by atoms with van der Waals surface area (Å²) in [5.41, 5.74) is 0.376. The molecule has 1 saturated heterocycles. The summed E-state index contributed by atoms with van der Waals surface area (Å²) in [6, 6.07) is 4.97. The number of phenols is 1. The third-order valence-electron chi connectivity index (χ3n) is 2.90. The smallest absolute Gasteiger partial charge is 0.257 e. The molecule has 1 fully saturated rings. The van der Waals surface area contributed by atoms with Gasteiger partial charge < -0.3 is 10.0 Å². The first-order chi connectivity index (χ1) is 8.08. The largest absolute Gasteiger partial charge is 0.507 e. The Labute approximate surface area is 117 Å². The molecule has 1 aliphatic heterocycles. The molecule has 1 heterocycles. The highest BCUT2D eigenvalue weighted by atomic mass is 79.9. The highest BCUT2D eigenvalue weighted by molar-refractivity contribution is 9.10. The third kappa shape index (κ3) is 3.01. The molecule has 0 aliphatic carbocycles. The quantitative estimate of drug-likeness (QED) is 0.779. The van der Waals surface area contributed by atoms with E-state index in [-0.39, 0.29) is 11.7 Å². The topological polar surface area (TPSA) is 40.5 Å². The van der Waals surface area contributed by atoms with Crippen molar-refractivity contribution in [3.05, 3.63) is 28.2 Å². The Kier molecular flexibility index (Phi) is 4.09. The van der Waals surface area contributed by atoms with Crippen molar-refractivity contribution in [2.45, 2.75) is 17.7 Å². The van der Waals surface area contributed by atoms with E-state index in [9.17, 15) is 9.90 Å². The van der Waals surface area contributed by atoms with Crippen molar-refractivity contribution in [3.63, 3.8) is 0 Å². The van der Waals surface area contributed by atoms with Gasteiger partial charge in [0.05, 0.1) is 5.56 Å². The van der Waals surface area contributed by atoms with Crippen molar-refractivity contribution in [2.24, 2.45) is 0 Å². The third-order valence-corrected chi connectivity index (χ3v) is 4.31. The van der Waals surface area contributed by atoms with Crippen LogP contribution in [0.3, 0.4) is 0 Å². The first kappa shape index (κ1) is 12.9. The van der Waals surface area contributed by atoms with Crippen LogP contribution in [-0.4, -0.2) is 33.8 Å². The zero-order valence-corrected chi connectivity index (χ0v) is 12.4. The van der Waals surface area contributed by atoms with E-state index in [1.807, 2.05) is 0 Å². The number of nitrogens with zero attached hydrogens (tertiary/aromatic N) is 1. The summed E-state index contributed by atoms with van der Waals surface area (Å²) in [5, 5.41) is 9.76. The summed E-state index contributed by atoms with van der Waals surface area (Å²) in [6.07, 6.45) is 1.92. The number of amides is 1. The highest BCUT2D eigenvalue weighted by Gasteiger charge is 2.23. The summed E-state index contributed by atoms with van der Waals surface area (Å²) < 4.78 is 0.769. The normalized spacial score (nSPS) is 17.2. The summed E-state index contributed by atoms with van der Waals surface area (Å²) in [4.78, 5) is 14.5. The second-order valence-electron chi connectivity index (χ2n) is 4.13. The van der Waals surface area contributed by atoms with Gasteiger partial charge in [-0.15, -0.1) is 0 Å². The second-order valence-corrected chi connectivity index (χ2v) is 6.34. The van der Waals surface area contributed by atoms with Crippen molar-refractivity contribution >= 4 is 37.8 Å². The van der Waals surface area contributed by atoms with Gasteiger partial charge in [0.2, 0.25) is 0 Å². The fraction of sp³-hybridized carbons (Fsp3) is 0.417. The lowest BCUT2D eigenvalue weighted by molar-refractivity contribution is 0.0725. The summed E-state index contributed by atoms with van der Waals surface area (Å²) >= 11 is 6.81. The monoisotopic (exact) mass is 361 g/mol. The van der Waals surface area contributed by atoms with Gasteiger partial charge in [0.15, 0.2) is 0 Å². The number of benzene rings is 1. The Morgan fingerprint density at radius 2 is 2.00 bits per heavy atom. The van der Waals surface area contributed by atoms with Crippen molar-refractivity contribution in [2.75, 3.05) is 13.1 Å². The predicted molar refractivity (Wildman–Crippen MR) is 73.7 cm³/mol. The fourth-order valence-electron chi connectivity index (χ4n) is 1.91. The second kappa shape index (κ2) is 5.40. The van der Waals surface area contributed by atoms with Gasteiger partial charge in [-0.1, -0.05) is 31.9 Å². The van der Waals surface area contributed by atoms with E-state index < -0.39 is 0 Å². The molecule has 0 atom stereocenters. The first-order valence-electron chi connectivity index (χ1n) is 5.50. The maximum atomic E-state index is 12.2. The molecular weight excluding hydrogens is 350 g/mol. The summed E-state index contributed by atoms with van der Waals surface area (Å²) in [6.45, 7) is 1.48. The zero-order chi connectivity index (χ0) is 12.4. The Balaban J connectivity index is 2.14. The molecule has 0 spiro atoms. The molecule has 0 radical (unpaired) electrons. The van der Waals surface area contributed by atoms with Crippen molar-refractivity contribution < 1.29 is 9.90 Å². The molecule has 17 heavy (non-hydrogen) atoms. The number of alkyl halides is 1. The van der Waals surface area contributed by atoms with Crippen LogP contribution in [0, 0.1) is 0 Å². The molecule has 5 heteroatoms. The molecule has 0 saturated carbocycles. The van der Waals surface area contributed by atoms with Gasteiger partial charge in [-0.05, 0) is 31.0 Å². The van der Waals surface area contributed by atoms with Gasteiger partial charge in [0, 0.05) is 22.4 Å². The SMILES string of the molecule is O=C(c1ccc(Br)cc1O)N1CCC(Br)CC1. The number of rotatable bonds is 1. The number of carbonyl (C=O) groups excluding carboxylic acids is 1. The van der Waals surface area contributed by atoms with E-state index >= 15 is 0 Å².